The summed E-state index contributed by atoms with van der Waals surface area (Å²) in [6.45, 7) is 0.0501. The van der Waals surface area contributed by atoms with Crippen molar-refractivity contribution in [3.8, 4) is 11.5 Å². The number of carbonyl (C=O) groups excluding carboxylic acids is 1. The summed E-state index contributed by atoms with van der Waals surface area (Å²) in [5.74, 6) is -10.2. The van der Waals surface area contributed by atoms with Gasteiger partial charge in [0, 0.05) is 37.9 Å². The molecule has 8 nitrogen and oxygen atoms in total. The maximum absolute atomic E-state index is 14.0. The molecule has 2 aliphatic rings. The van der Waals surface area contributed by atoms with Crippen molar-refractivity contribution >= 4 is 15.9 Å². The lowest BCUT2D eigenvalue weighted by Gasteiger charge is -2.40. The van der Waals surface area contributed by atoms with Crippen LogP contribution in [0.25, 0.3) is 11.5 Å². The number of fused-ring (bicyclic) bond motifs is 1. The van der Waals surface area contributed by atoms with E-state index in [9.17, 15) is 39.6 Å². The molecule has 2 atom stereocenters. The summed E-state index contributed by atoms with van der Waals surface area (Å²) in [4.78, 5) is 11.5. The van der Waals surface area contributed by atoms with Crippen LogP contribution in [0, 0.1) is 0 Å². The number of sulfonamides is 1. The molecule has 2 heterocycles. The number of carbonyl (C=O) groups is 1. The van der Waals surface area contributed by atoms with Gasteiger partial charge in [-0.15, -0.1) is 10.2 Å². The van der Waals surface area contributed by atoms with Crippen molar-refractivity contribution in [2.45, 2.75) is 68.0 Å². The number of amides is 1. The molecule has 186 valence electrons. The van der Waals surface area contributed by atoms with Crippen LogP contribution in [0.3, 0.4) is 0 Å². The summed E-state index contributed by atoms with van der Waals surface area (Å²) in [6.07, 6.45) is -5.11. The third-order valence-electron chi connectivity index (χ3n) is 5.73. The SMILES string of the molecule is CC(F)(F)C(=O)N[C@@H]1CC(F)(F)CC[C@H]1N1Cc2ccc(-c3nnc(C(F)F)o3)cc2S1(=O)=O. The van der Waals surface area contributed by atoms with Crippen LogP contribution in [-0.2, 0) is 21.4 Å². The molecule has 34 heavy (non-hydrogen) atoms. The van der Waals surface area contributed by atoms with Crippen LogP contribution >= 0.6 is 0 Å². The number of nitrogens with one attached hydrogen (secondary N) is 1. The monoisotopic (exact) mass is 512 g/mol. The van der Waals surface area contributed by atoms with Crippen molar-refractivity contribution in [2.75, 3.05) is 0 Å². The molecule has 15 heteroatoms. The van der Waals surface area contributed by atoms with E-state index in [2.05, 4.69) is 10.2 Å². The molecule has 1 aromatic heterocycles. The molecule has 1 fully saturated rings. The maximum atomic E-state index is 14.0. The molecule has 0 bridgehead atoms. The Morgan fingerprint density at radius 3 is 2.62 bits per heavy atom. The molecular formula is C19H18F6N4O4S. The quantitative estimate of drug-likeness (QED) is 0.615. The third kappa shape index (κ3) is 4.50. The second-order valence-electron chi connectivity index (χ2n) is 8.25. The first-order chi connectivity index (χ1) is 15.7. The molecule has 0 saturated heterocycles. The molecule has 0 radical (unpaired) electrons. The van der Waals surface area contributed by atoms with E-state index in [1.807, 2.05) is 5.32 Å². The zero-order valence-electron chi connectivity index (χ0n) is 17.4. The molecule has 2 aromatic rings. The summed E-state index contributed by atoms with van der Waals surface area (Å²) in [5.41, 5.74) is 0.301. The maximum Gasteiger partial charge on any atom is 0.321 e. The van der Waals surface area contributed by atoms with Gasteiger partial charge in [-0.05, 0) is 24.1 Å². The van der Waals surface area contributed by atoms with Crippen LogP contribution in [0.4, 0.5) is 26.3 Å². The van der Waals surface area contributed by atoms with E-state index in [1.54, 1.807) is 0 Å². The molecule has 0 unspecified atom stereocenters. The molecule has 1 aromatic carbocycles. The van der Waals surface area contributed by atoms with Gasteiger partial charge in [0.25, 0.3) is 11.8 Å². The Hall–Kier alpha value is -2.68. The van der Waals surface area contributed by atoms with Crippen molar-refractivity contribution < 1.29 is 44.0 Å². The molecule has 0 spiro atoms. The topological polar surface area (TPSA) is 105 Å². The van der Waals surface area contributed by atoms with Gasteiger partial charge in [-0.1, -0.05) is 6.07 Å². The van der Waals surface area contributed by atoms with Gasteiger partial charge in [-0.25, -0.2) is 17.2 Å². The average Bonchev–Trinajstić information content (AvgIpc) is 3.30. The molecule has 1 N–H and O–H groups in total. The van der Waals surface area contributed by atoms with Gasteiger partial charge in [-0.3, -0.25) is 4.79 Å². The van der Waals surface area contributed by atoms with E-state index < -0.39 is 65.0 Å². The van der Waals surface area contributed by atoms with Gasteiger partial charge in [0.05, 0.1) is 10.9 Å². The van der Waals surface area contributed by atoms with Crippen LogP contribution in [0.2, 0.25) is 0 Å². The first-order valence-electron chi connectivity index (χ1n) is 10.0. The number of aromatic nitrogens is 2. The first-order valence-corrected chi connectivity index (χ1v) is 11.5. The fraction of sp³-hybridized carbons (Fsp3) is 0.526. The fourth-order valence-electron chi connectivity index (χ4n) is 4.08. The predicted octanol–water partition coefficient (Wildman–Crippen LogP) is 3.51. The molecule has 1 aliphatic heterocycles. The minimum Gasteiger partial charge on any atom is -0.415 e. The Morgan fingerprint density at radius 2 is 2.00 bits per heavy atom. The van der Waals surface area contributed by atoms with Gasteiger partial charge in [0.15, 0.2) is 0 Å². The van der Waals surface area contributed by atoms with Crippen LogP contribution < -0.4 is 5.32 Å². The zero-order chi connectivity index (χ0) is 25.1. The van der Waals surface area contributed by atoms with Crippen molar-refractivity contribution in [2.24, 2.45) is 0 Å². The highest BCUT2D eigenvalue weighted by Crippen LogP contribution is 2.42. The highest BCUT2D eigenvalue weighted by atomic mass is 32.2. The number of halogens is 6. The number of alkyl halides is 6. The largest absolute Gasteiger partial charge is 0.415 e. The number of hydrogen-bond donors (Lipinski definition) is 1. The van der Waals surface area contributed by atoms with E-state index in [4.69, 9.17) is 4.42 Å². The van der Waals surface area contributed by atoms with Crippen molar-refractivity contribution in [3.63, 3.8) is 0 Å². The second kappa shape index (κ2) is 8.22. The number of hydrogen-bond acceptors (Lipinski definition) is 6. The fourth-order valence-corrected chi connectivity index (χ4v) is 5.99. The van der Waals surface area contributed by atoms with Crippen LogP contribution in [0.1, 0.15) is 44.1 Å². The molecular weight excluding hydrogens is 494 g/mol. The van der Waals surface area contributed by atoms with E-state index in [0.29, 0.717) is 6.92 Å². The molecule has 1 aliphatic carbocycles. The molecule has 1 saturated carbocycles. The van der Waals surface area contributed by atoms with E-state index in [0.717, 1.165) is 10.4 Å². The number of rotatable bonds is 5. The summed E-state index contributed by atoms with van der Waals surface area (Å²) < 4.78 is 113. The standard InChI is InChI=1S/C19H18F6N4O4S/c1-18(22,23)17(30)26-11-7-19(24,25)5-4-12(11)29-8-10-3-2-9(6-13(10)34(29,31)32)15-27-28-16(33-15)14(20)21/h2-3,6,11-12,14H,4-5,7-8H2,1H3,(H,26,30)/t11-,12-/m1/s1. The Labute approximate surface area is 189 Å². The Morgan fingerprint density at radius 1 is 1.29 bits per heavy atom. The van der Waals surface area contributed by atoms with Crippen molar-refractivity contribution in [1.29, 1.82) is 0 Å². The van der Waals surface area contributed by atoms with Gasteiger partial charge in [0.2, 0.25) is 21.8 Å². The molecule has 4 rings (SSSR count). The van der Waals surface area contributed by atoms with Gasteiger partial charge >= 0.3 is 12.3 Å². The first kappa shape index (κ1) is 24.4. The summed E-state index contributed by atoms with van der Waals surface area (Å²) in [7, 11) is -4.32. The van der Waals surface area contributed by atoms with E-state index in [1.165, 1.54) is 12.1 Å². The summed E-state index contributed by atoms with van der Waals surface area (Å²) in [6, 6.07) is 1.10. The number of nitrogens with zero attached hydrogens (tertiary/aromatic N) is 3. The normalized spacial score (nSPS) is 24.2. The van der Waals surface area contributed by atoms with Crippen LogP contribution in [0.5, 0.6) is 0 Å². The zero-order valence-corrected chi connectivity index (χ0v) is 18.3. The second-order valence-corrected chi connectivity index (χ2v) is 10.1. The lowest BCUT2D eigenvalue weighted by molar-refractivity contribution is -0.146. The minimum atomic E-state index is -4.32. The lowest BCUT2D eigenvalue weighted by Crippen LogP contribution is -2.58. The van der Waals surface area contributed by atoms with Gasteiger partial charge < -0.3 is 9.73 Å². The highest BCUT2D eigenvalue weighted by molar-refractivity contribution is 7.89. The molecule has 1 amide bonds. The van der Waals surface area contributed by atoms with Crippen molar-refractivity contribution in [3.05, 3.63) is 29.7 Å². The Kier molecular flexibility index (Phi) is 5.91. The predicted molar refractivity (Wildman–Crippen MR) is 103 cm³/mol. The highest BCUT2D eigenvalue weighted by Gasteiger charge is 2.50. The van der Waals surface area contributed by atoms with E-state index >= 15 is 0 Å². The smallest absolute Gasteiger partial charge is 0.321 e. The Balaban J connectivity index is 1.65. The summed E-state index contributed by atoms with van der Waals surface area (Å²) in [5, 5.41) is 8.53. The van der Waals surface area contributed by atoms with Crippen molar-refractivity contribution in [1.82, 2.24) is 19.8 Å². The lowest BCUT2D eigenvalue weighted by atomic mass is 9.87. The van der Waals surface area contributed by atoms with E-state index in [-0.39, 0.29) is 34.9 Å². The third-order valence-corrected chi connectivity index (χ3v) is 7.68. The minimum absolute atomic E-state index is 0.0363. The number of benzene rings is 1. The average molecular weight is 512 g/mol. The Bertz CT molecular complexity index is 1210. The van der Waals surface area contributed by atoms with Crippen LogP contribution in [-0.4, -0.2) is 52.8 Å². The van der Waals surface area contributed by atoms with Gasteiger partial charge in [-0.2, -0.15) is 21.9 Å². The van der Waals surface area contributed by atoms with Crippen LogP contribution in [0.15, 0.2) is 27.5 Å². The summed E-state index contributed by atoms with van der Waals surface area (Å²) >= 11 is 0. The van der Waals surface area contributed by atoms with Gasteiger partial charge in [0.1, 0.15) is 0 Å².